The normalized spacial score (nSPS) is 11.6. The standard InChI is InChI=1S/C28H16Br2ClN3O4/c29-19-14-18(26(22(30)15-19)38-25(35)12-9-17-7-10-20(31)11-8-17)16-32-34-27(24-6-3-13-37-24)33-23-5-2-1-4-21(23)28(34)36/h1-16H/b12-9+,32-16?. The summed E-state index contributed by atoms with van der Waals surface area (Å²) < 4.78 is 13.5. The molecule has 0 aliphatic heterocycles. The van der Waals surface area contributed by atoms with Crippen molar-refractivity contribution in [1.29, 1.82) is 0 Å². The Balaban J connectivity index is 1.52. The maximum atomic E-state index is 13.3. The highest BCUT2D eigenvalue weighted by Gasteiger charge is 2.16. The van der Waals surface area contributed by atoms with Crippen LogP contribution in [0.4, 0.5) is 0 Å². The van der Waals surface area contributed by atoms with Gasteiger partial charge in [-0.3, -0.25) is 4.79 Å². The van der Waals surface area contributed by atoms with Gasteiger partial charge in [-0.05, 0) is 76.1 Å². The second-order valence-corrected chi connectivity index (χ2v) is 10.1. The molecule has 0 spiro atoms. The van der Waals surface area contributed by atoms with Gasteiger partial charge in [0.2, 0.25) is 5.82 Å². The van der Waals surface area contributed by atoms with Crippen LogP contribution in [0.5, 0.6) is 5.75 Å². The highest BCUT2D eigenvalue weighted by Crippen LogP contribution is 2.32. The number of carbonyl (C=O) groups is 1. The zero-order valence-corrected chi connectivity index (χ0v) is 23.3. The minimum absolute atomic E-state index is 0.226. The first-order valence-corrected chi connectivity index (χ1v) is 13.1. The monoisotopic (exact) mass is 651 g/mol. The van der Waals surface area contributed by atoms with Gasteiger partial charge in [0.15, 0.2) is 11.5 Å². The molecule has 0 unspecified atom stereocenters. The Morgan fingerprint density at radius 1 is 1.05 bits per heavy atom. The molecule has 0 radical (unpaired) electrons. The van der Waals surface area contributed by atoms with E-state index in [4.69, 9.17) is 20.8 Å². The Labute approximate surface area is 238 Å². The fourth-order valence-electron chi connectivity index (χ4n) is 3.57. The Morgan fingerprint density at radius 2 is 1.84 bits per heavy atom. The van der Waals surface area contributed by atoms with Crippen molar-refractivity contribution < 1.29 is 13.9 Å². The summed E-state index contributed by atoms with van der Waals surface area (Å²) >= 11 is 12.8. The lowest BCUT2D eigenvalue weighted by Crippen LogP contribution is -2.20. The van der Waals surface area contributed by atoms with Crippen LogP contribution in [0.15, 0.2) is 108 Å². The van der Waals surface area contributed by atoms with E-state index in [2.05, 4.69) is 41.9 Å². The van der Waals surface area contributed by atoms with Gasteiger partial charge in [0.1, 0.15) is 0 Å². The molecule has 2 aromatic heterocycles. The molecule has 5 aromatic rings. The van der Waals surface area contributed by atoms with E-state index in [0.717, 1.165) is 10.2 Å². The molecule has 38 heavy (non-hydrogen) atoms. The molecular weight excluding hydrogens is 638 g/mol. The number of carbonyl (C=O) groups excluding carboxylic acids is 1. The lowest BCUT2D eigenvalue weighted by molar-refractivity contribution is -0.128. The van der Waals surface area contributed by atoms with Crippen molar-refractivity contribution in [2.24, 2.45) is 5.10 Å². The quantitative estimate of drug-likeness (QED) is 0.0829. The maximum absolute atomic E-state index is 13.3. The van der Waals surface area contributed by atoms with E-state index >= 15 is 0 Å². The largest absolute Gasteiger partial charge is 0.461 e. The molecule has 7 nitrogen and oxygen atoms in total. The Morgan fingerprint density at radius 3 is 2.61 bits per heavy atom. The molecule has 0 saturated carbocycles. The molecule has 10 heteroatoms. The molecule has 0 N–H and O–H groups in total. The van der Waals surface area contributed by atoms with Gasteiger partial charge in [-0.25, -0.2) is 9.78 Å². The summed E-state index contributed by atoms with van der Waals surface area (Å²) in [6.45, 7) is 0. The van der Waals surface area contributed by atoms with Crippen molar-refractivity contribution in [3.05, 3.63) is 121 Å². The van der Waals surface area contributed by atoms with Crippen molar-refractivity contribution in [1.82, 2.24) is 9.66 Å². The van der Waals surface area contributed by atoms with Crippen LogP contribution in [-0.4, -0.2) is 21.8 Å². The smallest absolute Gasteiger partial charge is 0.336 e. The SMILES string of the molecule is O=C(/C=C/c1ccc(Cl)cc1)Oc1c(Br)cc(Br)cc1C=Nn1c(-c2ccco2)nc2ccccc2c1=O. The minimum Gasteiger partial charge on any atom is -0.461 e. The summed E-state index contributed by atoms with van der Waals surface area (Å²) in [5.74, 6) is 0.232. The summed E-state index contributed by atoms with van der Waals surface area (Å²) in [6.07, 6.45) is 5.84. The molecule has 0 fully saturated rings. The fourth-order valence-corrected chi connectivity index (χ4v) is 5.04. The predicted molar refractivity (Wildman–Crippen MR) is 155 cm³/mol. The van der Waals surface area contributed by atoms with Crippen molar-refractivity contribution in [2.75, 3.05) is 0 Å². The first-order chi connectivity index (χ1) is 18.4. The lowest BCUT2D eigenvalue weighted by atomic mass is 10.2. The van der Waals surface area contributed by atoms with Crippen LogP contribution in [0.25, 0.3) is 28.6 Å². The van der Waals surface area contributed by atoms with E-state index < -0.39 is 5.97 Å². The van der Waals surface area contributed by atoms with Gasteiger partial charge >= 0.3 is 5.97 Å². The third-order valence-corrected chi connectivity index (χ3v) is 6.63. The van der Waals surface area contributed by atoms with E-state index in [-0.39, 0.29) is 17.1 Å². The highest BCUT2D eigenvalue weighted by atomic mass is 79.9. The van der Waals surface area contributed by atoms with Crippen LogP contribution >= 0.6 is 43.5 Å². The van der Waals surface area contributed by atoms with Gasteiger partial charge in [0, 0.05) is 21.1 Å². The summed E-state index contributed by atoms with van der Waals surface area (Å²) in [5.41, 5.74) is 1.36. The number of ether oxygens (including phenoxy) is 1. The van der Waals surface area contributed by atoms with Crippen molar-refractivity contribution in [2.45, 2.75) is 0 Å². The minimum atomic E-state index is -0.599. The molecule has 0 saturated heterocycles. The number of esters is 1. The van der Waals surface area contributed by atoms with E-state index in [9.17, 15) is 9.59 Å². The number of nitrogens with zero attached hydrogens (tertiary/aromatic N) is 3. The molecular formula is C28H16Br2ClN3O4. The number of para-hydroxylation sites is 1. The van der Waals surface area contributed by atoms with Gasteiger partial charge in [0.25, 0.3) is 5.56 Å². The van der Waals surface area contributed by atoms with Gasteiger partial charge in [-0.1, -0.05) is 51.8 Å². The topological polar surface area (TPSA) is 86.7 Å². The van der Waals surface area contributed by atoms with Crippen LogP contribution in [-0.2, 0) is 4.79 Å². The maximum Gasteiger partial charge on any atom is 0.336 e. The summed E-state index contributed by atoms with van der Waals surface area (Å²) in [6, 6.07) is 20.9. The van der Waals surface area contributed by atoms with Gasteiger partial charge < -0.3 is 9.15 Å². The third kappa shape index (κ3) is 5.70. The highest BCUT2D eigenvalue weighted by molar-refractivity contribution is 9.11. The lowest BCUT2D eigenvalue weighted by Gasteiger charge is -2.10. The van der Waals surface area contributed by atoms with E-state index in [0.29, 0.717) is 36.2 Å². The number of halogens is 3. The molecule has 3 aromatic carbocycles. The summed E-state index contributed by atoms with van der Waals surface area (Å²) in [4.78, 5) is 30.6. The van der Waals surface area contributed by atoms with Crippen LogP contribution < -0.4 is 10.3 Å². The first kappa shape index (κ1) is 25.8. The van der Waals surface area contributed by atoms with E-state index in [1.165, 1.54) is 18.6 Å². The number of fused-ring (bicyclic) bond motifs is 1. The van der Waals surface area contributed by atoms with Crippen molar-refractivity contribution in [3.63, 3.8) is 0 Å². The third-order valence-electron chi connectivity index (χ3n) is 5.33. The van der Waals surface area contributed by atoms with Gasteiger partial charge in [-0.15, -0.1) is 0 Å². The first-order valence-electron chi connectivity index (χ1n) is 11.1. The predicted octanol–water partition coefficient (Wildman–Crippen LogP) is 7.34. The number of rotatable bonds is 6. The zero-order chi connectivity index (χ0) is 26.6. The van der Waals surface area contributed by atoms with Gasteiger partial charge in [0.05, 0.1) is 27.9 Å². The number of hydrogen-bond donors (Lipinski definition) is 0. The van der Waals surface area contributed by atoms with Crippen LogP contribution in [0.3, 0.4) is 0 Å². The molecule has 188 valence electrons. The van der Waals surface area contributed by atoms with E-state index in [1.54, 1.807) is 78.9 Å². The number of furan rings is 1. The molecule has 0 amide bonds. The number of benzene rings is 3. The molecule has 5 rings (SSSR count). The van der Waals surface area contributed by atoms with Crippen molar-refractivity contribution in [3.8, 4) is 17.3 Å². The summed E-state index contributed by atoms with van der Waals surface area (Å²) in [5, 5.41) is 5.43. The Kier molecular flexibility index (Phi) is 7.69. The van der Waals surface area contributed by atoms with Crippen LogP contribution in [0, 0.1) is 0 Å². The molecule has 0 bridgehead atoms. The fraction of sp³-hybridized carbons (Fsp3) is 0. The molecule has 0 aliphatic rings. The van der Waals surface area contributed by atoms with Crippen LogP contribution in [0.1, 0.15) is 11.1 Å². The van der Waals surface area contributed by atoms with Gasteiger partial charge in [-0.2, -0.15) is 9.78 Å². The molecule has 0 aliphatic carbocycles. The average molecular weight is 654 g/mol. The second-order valence-electron chi connectivity index (χ2n) is 7.90. The Bertz CT molecular complexity index is 1760. The van der Waals surface area contributed by atoms with Crippen LogP contribution in [0.2, 0.25) is 5.02 Å². The van der Waals surface area contributed by atoms with Crippen molar-refractivity contribution >= 4 is 72.6 Å². The average Bonchev–Trinajstić information content (AvgIpc) is 3.44. The number of aromatic nitrogens is 2. The van der Waals surface area contributed by atoms with E-state index in [1.807, 2.05) is 0 Å². The second kappa shape index (κ2) is 11.3. The zero-order valence-electron chi connectivity index (χ0n) is 19.3. The summed E-state index contributed by atoms with van der Waals surface area (Å²) in [7, 11) is 0. The molecule has 2 heterocycles. The number of hydrogen-bond acceptors (Lipinski definition) is 6. The Hall–Kier alpha value is -3.79. The molecule has 0 atom stereocenters.